The Morgan fingerprint density at radius 2 is 2.03 bits per heavy atom. The fourth-order valence-corrected chi connectivity index (χ4v) is 4.70. The average Bonchev–Trinajstić information content (AvgIpc) is 3.36. The van der Waals surface area contributed by atoms with E-state index < -0.39 is 17.3 Å². The summed E-state index contributed by atoms with van der Waals surface area (Å²) in [5.74, 6) is -1.84. The number of para-hydroxylation sites is 1. The highest BCUT2D eigenvalue weighted by molar-refractivity contribution is 6.19. The second-order valence-corrected chi connectivity index (χ2v) is 8.99. The third-order valence-electron chi connectivity index (χ3n) is 6.24. The summed E-state index contributed by atoms with van der Waals surface area (Å²) in [7, 11) is 0. The van der Waals surface area contributed by atoms with Crippen molar-refractivity contribution >= 4 is 35.0 Å². The molecule has 1 saturated heterocycles. The molecule has 0 aromatic heterocycles. The number of hydrogen-bond acceptors (Lipinski definition) is 6. The van der Waals surface area contributed by atoms with Crippen LogP contribution in [0, 0.1) is 17.3 Å². The van der Waals surface area contributed by atoms with E-state index >= 15 is 0 Å². The highest BCUT2D eigenvalue weighted by atomic mass is 16.2. The zero-order valence-electron chi connectivity index (χ0n) is 18.4. The summed E-state index contributed by atoms with van der Waals surface area (Å²) in [5, 5.41) is 12.8. The predicted octanol–water partition coefficient (Wildman–Crippen LogP) is -0.332. The summed E-state index contributed by atoms with van der Waals surface area (Å²) in [5.41, 5.74) is 3.55. The van der Waals surface area contributed by atoms with Gasteiger partial charge in [-0.05, 0) is 19.9 Å². The number of amides is 4. The lowest BCUT2D eigenvalue weighted by molar-refractivity contribution is -0.127. The normalized spacial score (nSPS) is 27.1. The molecule has 3 atom stereocenters. The van der Waals surface area contributed by atoms with Crippen molar-refractivity contribution in [1.29, 1.82) is 0 Å². The van der Waals surface area contributed by atoms with E-state index in [1.165, 1.54) is 0 Å². The lowest BCUT2D eigenvalue weighted by Gasteiger charge is -2.26. The highest BCUT2D eigenvalue weighted by Crippen LogP contribution is 2.62. The van der Waals surface area contributed by atoms with Crippen LogP contribution in [-0.2, 0) is 19.2 Å². The van der Waals surface area contributed by atoms with Gasteiger partial charge in [0.25, 0.3) is 0 Å². The van der Waals surface area contributed by atoms with Crippen LogP contribution >= 0.6 is 0 Å². The smallest absolute Gasteiger partial charge is 0.245 e. The Bertz CT molecular complexity index is 1010. The molecule has 0 unspecified atom stereocenters. The Morgan fingerprint density at radius 3 is 2.75 bits per heavy atom. The first-order chi connectivity index (χ1) is 15.2. The lowest BCUT2D eigenvalue weighted by atomic mass is 9.89. The molecule has 2 aliphatic heterocycles. The SMILES string of the molecule is CC(C)NC(=O)[C@@H]1[C@@H]2C(=O)NN=C(c3ccccc3NC(=O)CN3CCNC(=O)C3)[C@]12C. The summed E-state index contributed by atoms with van der Waals surface area (Å²) >= 11 is 0. The van der Waals surface area contributed by atoms with Gasteiger partial charge >= 0.3 is 0 Å². The molecule has 4 amide bonds. The summed E-state index contributed by atoms with van der Waals surface area (Å²) in [4.78, 5) is 51.2. The molecule has 0 radical (unpaired) electrons. The Hall–Kier alpha value is -3.27. The zero-order valence-corrected chi connectivity index (χ0v) is 18.4. The number of nitrogens with one attached hydrogen (secondary N) is 4. The van der Waals surface area contributed by atoms with Gasteiger partial charge in [0.05, 0.1) is 30.6 Å². The Kier molecular flexibility index (Phi) is 5.72. The highest BCUT2D eigenvalue weighted by Gasteiger charge is 2.72. The van der Waals surface area contributed by atoms with Crippen molar-refractivity contribution in [1.82, 2.24) is 21.0 Å². The van der Waals surface area contributed by atoms with Gasteiger partial charge in [-0.1, -0.05) is 25.1 Å². The van der Waals surface area contributed by atoms with Crippen LogP contribution in [0.2, 0.25) is 0 Å². The number of fused-ring (bicyclic) bond motifs is 1. The third kappa shape index (κ3) is 3.97. The minimum Gasteiger partial charge on any atom is -0.354 e. The number of hydrazone groups is 1. The first-order valence-corrected chi connectivity index (χ1v) is 10.8. The summed E-state index contributed by atoms with van der Waals surface area (Å²) < 4.78 is 0. The maximum absolute atomic E-state index is 12.8. The van der Waals surface area contributed by atoms with Gasteiger partial charge < -0.3 is 16.0 Å². The van der Waals surface area contributed by atoms with Gasteiger partial charge in [0.1, 0.15) is 0 Å². The monoisotopic (exact) mass is 440 g/mol. The molecular formula is C22H28N6O4. The fourth-order valence-electron chi connectivity index (χ4n) is 4.70. The quantitative estimate of drug-likeness (QED) is 0.481. The van der Waals surface area contributed by atoms with Crippen molar-refractivity contribution in [2.45, 2.75) is 26.8 Å². The van der Waals surface area contributed by atoms with Gasteiger partial charge in [-0.2, -0.15) is 5.10 Å². The molecular weight excluding hydrogens is 412 g/mol. The van der Waals surface area contributed by atoms with E-state index in [2.05, 4.69) is 26.5 Å². The number of nitrogens with zero attached hydrogens (tertiary/aromatic N) is 2. The van der Waals surface area contributed by atoms with Crippen LogP contribution in [-0.4, -0.2) is 66.5 Å². The van der Waals surface area contributed by atoms with Crippen LogP contribution in [0.25, 0.3) is 0 Å². The molecule has 1 saturated carbocycles. The maximum Gasteiger partial charge on any atom is 0.245 e. The zero-order chi connectivity index (χ0) is 23.0. The van der Waals surface area contributed by atoms with Crippen molar-refractivity contribution in [2.75, 3.05) is 31.5 Å². The molecule has 2 fully saturated rings. The minimum absolute atomic E-state index is 0.0411. The fraction of sp³-hybridized carbons (Fsp3) is 0.500. The van der Waals surface area contributed by atoms with Crippen LogP contribution in [0.5, 0.6) is 0 Å². The molecule has 0 spiro atoms. The number of anilines is 1. The number of carbonyl (C=O) groups excluding carboxylic acids is 4. The van der Waals surface area contributed by atoms with Gasteiger partial charge in [0.15, 0.2) is 0 Å². The largest absolute Gasteiger partial charge is 0.354 e. The Balaban J connectivity index is 1.55. The summed E-state index contributed by atoms with van der Waals surface area (Å²) in [6.45, 7) is 7.00. The van der Waals surface area contributed by atoms with E-state index in [0.29, 0.717) is 30.1 Å². The molecule has 1 aromatic rings. The molecule has 32 heavy (non-hydrogen) atoms. The van der Waals surface area contributed by atoms with Gasteiger partial charge in [-0.3, -0.25) is 24.1 Å². The first kappa shape index (κ1) is 21.9. The Morgan fingerprint density at radius 1 is 1.28 bits per heavy atom. The number of rotatable bonds is 6. The molecule has 4 rings (SSSR count). The van der Waals surface area contributed by atoms with Crippen molar-refractivity contribution in [2.24, 2.45) is 22.4 Å². The first-order valence-electron chi connectivity index (χ1n) is 10.8. The molecule has 10 heteroatoms. The summed E-state index contributed by atoms with van der Waals surface area (Å²) in [6.07, 6.45) is 0. The van der Waals surface area contributed by atoms with E-state index in [0.717, 1.165) is 0 Å². The van der Waals surface area contributed by atoms with E-state index in [4.69, 9.17) is 0 Å². The molecule has 4 N–H and O–H groups in total. The number of piperazine rings is 1. The number of hydrogen-bond donors (Lipinski definition) is 4. The van der Waals surface area contributed by atoms with Crippen molar-refractivity contribution in [3.63, 3.8) is 0 Å². The molecule has 1 aromatic carbocycles. The summed E-state index contributed by atoms with van der Waals surface area (Å²) in [6, 6.07) is 7.16. The third-order valence-corrected chi connectivity index (χ3v) is 6.24. The van der Waals surface area contributed by atoms with Crippen molar-refractivity contribution < 1.29 is 19.2 Å². The van der Waals surface area contributed by atoms with Crippen LogP contribution in [0.1, 0.15) is 26.3 Å². The van der Waals surface area contributed by atoms with Gasteiger partial charge in [0.2, 0.25) is 23.6 Å². The number of benzene rings is 1. The van der Waals surface area contributed by atoms with E-state index in [1.54, 1.807) is 17.0 Å². The standard InChI is InChI=1S/C22H28N6O4/c1-12(2)24-20(31)17-18-21(32)27-26-19(22(17,18)3)13-6-4-5-7-14(13)25-16(30)11-28-9-8-23-15(29)10-28/h4-7,12,17-18H,8-11H2,1-3H3,(H,23,29)(H,24,31)(H,25,30)(H,27,32)/t17-,18+,22+/m0/s1. The van der Waals surface area contributed by atoms with Gasteiger partial charge in [-0.25, -0.2) is 5.43 Å². The van der Waals surface area contributed by atoms with Gasteiger partial charge in [-0.15, -0.1) is 0 Å². The van der Waals surface area contributed by atoms with Crippen molar-refractivity contribution in [3.8, 4) is 0 Å². The molecule has 170 valence electrons. The van der Waals surface area contributed by atoms with Crippen molar-refractivity contribution in [3.05, 3.63) is 29.8 Å². The van der Waals surface area contributed by atoms with E-state index in [-0.39, 0.29) is 42.8 Å². The lowest BCUT2D eigenvalue weighted by Crippen LogP contribution is -2.49. The average molecular weight is 441 g/mol. The van der Waals surface area contributed by atoms with Crippen LogP contribution < -0.4 is 21.4 Å². The minimum atomic E-state index is -0.757. The second-order valence-electron chi connectivity index (χ2n) is 8.99. The number of carbonyl (C=O) groups is 4. The maximum atomic E-state index is 12.8. The topological polar surface area (TPSA) is 132 Å². The second kappa shape index (κ2) is 8.34. The Labute approximate surface area is 186 Å². The van der Waals surface area contributed by atoms with E-state index in [1.807, 2.05) is 32.9 Å². The van der Waals surface area contributed by atoms with E-state index in [9.17, 15) is 19.2 Å². The molecule has 10 nitrogen and oxygen atoms in total. The van der Waals surface area contributed by atoms with Crippen LogP contribution in [0.15, 0.2) is 29.4 Å². The molecule has 2 heterocycles. The molecule has 0 bridgehead atoms. The van der Waals surface area contributed by atoms with Crippen LogP contribution in [0.3, 0.4) is 0 Å². The predicted molar refractivity (Wildman–Crippen MR) is 118 cm³/mol. The van der Waals surface area contributed by atoms with Crippen LogP contribution in [0.4, 0.5) is 5.69 Å². The van der Waals surface area contributed by atoms with Gasteiger partial charge in [0, 0.05) is 35.8 Å². The molecule has 1 aliphatic carbocycles. The molecule has 3 aliphatic rings.